The average molecular weight is 298 g/mol. The highest BCUT2D eigenvalue weighted by Gasteiger charge is 2.16. The predicted octanol–water partition coefficient (Wildman–Crippen LogP) is 3.39. The number of primary amides is 1. The fraction of sp³-hybridized carbons (Fsp3) is 0.118. The molecule has 0 aliphatic rings. The SMILES string of the molecule is COc1ccc(-c2cc(F)cc3c(C)c(C(N)=O)[nH]c23)cc1. The monoisotopic (exact) mass is 298 g/mol. The molecule has 1 aromatic heterocycles. The maximum Gasteiger partial charge on any atom is 0.265 e. The lowest BCUT2D eigenvalue weighted by molar-refractivity contribution is 0.0996. The minimum atomic E-state index is -0.560. The minimum Gasteiger partial charge on any atom is -0.497 e. The van der Waals surface area contributed by atoms with Gasteiger partial charge in [0.2, 0.25) is 0 Å². The molecular formula is C17H15FN2O2. The van der Waals surface area contributed by atoms with E-state index in [0.717, 1.165) is 11.3 Å². The summed E-state index contributed by atoms with van der Waals surface area (Å²) in [6.45, 7) is 1.75. The van der Waals surface area contributed by atoms with Gasteiger partial charge in [-0.3, -0.25) is 4.79 Å². The summed E-state index contributed by atoms with van der Waals surface area (Å²) in [4.78, 5) is 14.5. The van der Waals surface area contributed by atoms with Gasteiger partial charge >= 0.3 is 0 Å². The summed E-state index contributed by atoms with van der Waals surface area (Å²) in [5.41, 5.74) is 8.50. The van der Waals surface area contributed by atoms with Crippen LogP contribution in [-0.4, -0.2) is 18.0 Å². The Bertz CT molecular complexity index is 866. The number of aromatic nitrogens is 1. The third-order valence-electron chi connectivity index (χ3n) is 3.78. The number of benzene rings is 2. The molecule has 0 unspecified atom stereocenters. The van der Waals surface area contributed by atoms with Gasteiger partial charge in [-0.2, -0.15) is 0 Å². The van der Waals surface area contributed by atoms with Crippen molar-refractivity contribution in [1.29, 1.82) is 0 Å². The number of methoxy groups -OCH3 is 1. The van der Waals surface area contributed by atoms with Gasteiger partial charge in [0.25, 0.3) is 5.91 Å². The van der Waals surface area contributed by atoms with Crippen molar-refractivity contribution < 1.29 is 13.9 Å². The lowest BCUT2D eigenvalue weighted by atomic mass is 10.0. The van der Waals surface area contributed by atoms with E-state index < -0.39 is 5.91 Å². The summed E-state index contributed by atoms with van der Waals surface area (Å²) >= 11 is 0. The lowest BCUT2D eigenvalue weighted by Crippen LogP contribution is -2.12. The summed E-state index contributed by atoms with van der Waals surface area (Å²) in [6.07, 6.45) is 0. The molecule has 0 aliphatic heterocycles. The Kier molecular flexibility index (Phi) is 3.33. The van der Waals surface area contributed by atoms with Crippen LogP contribution in [0.1, 0.15) is 16.1 Å². The molecular weight excluding hydrogens is 283 g/mol. The van der Waals surface area contributed by atoms with Gasteiger partial charge in [0, 0.05) is 10.9 Å². The third-order valence-corrected chi connectivity index (χ3v) is 3.78. The van der Waals surface area contributed by atoms with Crippen LogP contribution in [0, 0.1) is 12.7 Å². The number of carbonyl (C=O) groups excluding carboxylic acids is 1. The smallest absolute Gasteiger partial charge is 0.265 e. The Labute approximate surface area is 126 Å². The van der Waals surface area contributed by atoms with E-state index in [9.17, 15) is 9.18 Å². The summed E-state index contributed by atoms with van der Waals surface area (Å²) < 4.78 is 19.1. The molecule has 3 N–H and O–H groups in total. The molecule has 0 saturated heterocycles. The highest BCUT2D eigenvalue weighted by molar-refractivity contribution is 6.04. The number of aromatic amines is 1. The molecule has 4 nitrogen and oxygen atoms in total. The molecule has 0 aliphatic carbocycles. The quantitative estimate of drug-likeness (QED) is 0.778. The maximum absolute atomic E-state index is 14.0. The van der Waals surface area contributed by atoms with Crippen molar-refractivity contribution >= 4 is 16.8 Å². The van der Waals surface area contributed by atoms with E-state index in [-0.39, 0.29) is 5.82 Å². The molecule has 0 fully saturated rings. The molecule has 0 spiro atoms. The molecule has 2 aromatic carbocycles. The van der Waals surface area contributed by atoms with Gasteiger partial charge in [0.15, 0.2) is 0 Å². The van der Waals surface area contributed by atoms with E-state index in [2.05, 4.69) is 4.98 Å². The summed E-state index contributed by atoms with van der Waals surface area (Å²) in [7, 11) is 1.59. The fourth-order valence-electron chi connectivity index (χ4n) is 2.64. The predicted molar refractivity (Wildman–Crippen MR) is 83.5 cm³/mol. The molecule has 0 atom stereocenters. The number of H-pyrrole nitrogens is 1. The first-order valence-electron chi connectivity index (χ1n) is 6.77. The van der Waals surface area contributed by atoms with E-state index in [0.29, 0.717) is 27.7 Å². The van der Waals surface area contributed by atoms with E-state index in [1.165, 1.54) is 12.1 Å². The van der Waals surface area contributed by atoms with Gasteiger partial charge < -0.3 is 15.5 Å². The molecule has 0 radical (unpaired) electrons. The number of hydrogen-bond acceptors (Lipinski definition) is 2. The first-order valence-corrected chi connectivity index (χ1v) is 6.77. The van der Waals surface area contributed by atoms with E-state index in [1.54, 1.807) is 26.2 Å². The number of hydrogen-bond donors (Lipinski definition) is 2. The van der Waals surface area contributed by atoms with E-state index in [4.69, 9.17) is 10.5 Å². The van der Waals surface area contributed by atoms with Crippen molar-refractivity contribution in [2.75, 3.05) is 7.11 Å². The van der Waals surface area contributed by atoms with Gasteiger partial charge in [-0.1, -0.05) is 12.1 Å². The zero-order valence-corrected chi connectivity index (χ0v) is 12.2. The molecule has 5 heteroatoms. The highest BCUT2D eigenvalue weighted by Crippen LogP contribution is 2.33. The van der Waals surface area contributed by atoms with Crippen LogP contribution < -0.4 is 10.5 Å². The van der Waals surface area contributed by atoms with Crippen molar-refractivity contribution in [2.24, 2.45) is 5.73 Å². The number of rotatable bonds is 3. The number of ether oxygens (including phenoxy) is 1. The van der Waals surface area contributed by atoms with Crippen LogP contribution in [-0.2, 0) is 0 Å². The molecule has 1 amide bonds. The largest absolute Gasteiger partial charge is 0.497 e. The Morgan fingerprint density at radius 2 is 1.91 bits per heavy atom. The Balaban J connectivity index is 2.28. The number of nitrogens with two attached hydrogens (primary N) is 1. The second-order valence-electron chi connectivity index (χ2n) is 5.09. The van der Waals surface area contributed by atoms with Gasteiger partial charge in [-0.05, 0) is 42.3 Å². The Hall–Kier alpha value is -2.82. The van der Waals surface area contributed by atoms with Crippen LogP contribution in [0.4, 0.5) is 4.39 Å². The normalized spacial score (nSPS) is 10.9. The van der Waals surface area contributed by atoms with E-state index in [1.807, 2.05) is 12.1 Å². The lowest BCUT2D eigenvalue weighted by Gasteiger charge is -2.06. The minimum absolute atomic E-state index is 0.301. The van der Waals surface area contributed by atoms with Crippen molar-refractivity contribution in [3.63, 3.8) is 0 Å². The van der Waals surface area contributed by atoms with E-state index >= 15 is 0 Å². The summed E-state index contributed by atoms with van der Waals surface area (Å²) in [5, 5.41) is 0.652. The molecule has 0 saturated carbocycles. The van der Waals surface area contributed by atoms with Gasteiger partial charge in [-0.25, -0.2) is 4.39 Å². The molecule has 3 rings (SSSR count). The summed E-state index contributed by atoms with van der Waals surface area (Å²) in [5.74, 6) is -0.205. The summed E-state index contributed by atoms with van der Waals surface area (Å²) in [6, 6.07) is 10.1. The zero-order valence-electron chi connectivity index (χ0n) is 12.2. The second-order valence-corrected chi connectivity index (χ2v) is 5.09. The molecule has 0 bridgehead atoms. The molecule has 1 heterocycles. The average Bonchev–Trinajstić information content (AvgIpc) is 2.84. The van der Waals surface area contributed by atoms with Crippen LogP contribution in [0.25, 0.3) is 22.0 Å². The fourth-order valence-corrected chi connectivity index (χ4v) is 2.64. The van der Waals surface area contributed by atoms with Crippen LogP contribution in [0.15, 0.2) is 36.4 Å². The zero-order chi connectivity index (χ0) is 15.9. The molecule has 112 valence electrons. The van der Waals surface area contributed by atoms with Crippen LogP contribution >= 0.6 is 0 Å². The topological polar surface area (TPSA) is 68.1 Å². The van der Waals surface area contributed by atoms with Gasteiger partial charge in [0.05, 0.1) is 12.6 Å². The Morgan fingerprint density at radius 3 is 2.50 bits per heavy atom. The third kappa shape index (κ3) is 2.20. The van der Waals surface area contributed by atoms with Crippen LogP contribution in [0.5, 0.6) is 5.75 Å². The number of nitrogens with one attached hydrogen (secondary N) is 1. The maximum atomic E-state index is 14.0. The number of fused-ring (bicyclic) bond motifs is 1. The highest BCUT2D eigenvalue weighted by atomic mass is 19.1. The first-order chi connectivity index (χ1) is 10.5. The van der Waals surface area contributed by atoms with Crippen molar-refractivity contribution in [3.8, 4) is 16.9 Å². The number of aryl methyl sites for hydroxylation is 1. The van der Waals surface area contributed by atoms with Crippen LogP contribution in [0.3, 0.4) is 0 Å². The second kappa shape index (κ2) is 5.18. The van der Waals surface area contributed by atoms with Gasteiger partial charge in [0.1, 0.15) is 17.3 Å². The standard InChI is InChI=1S/C17H15FN2O2/c1-9-13-7-11(18)8-14(16(13)20-15(9)17(19)21)10-3-5-12(22-2)6-4-10/h3-8,20H,1-2H3,(H2,19,21). The molecule has 22 heavy (non-hydrogen) atoms. The number of halogens is 1. The van der Waals surface area contributed by atoms with Crippen molar-refractivity contribution in [2.45, 2.75) is 6.92 Å². The van der Waals surface area contributed by atoms with Crippen LogP contribution in [0.2, 0.25) is 0 Å². The first kappa shape index (κ1) is 14.1. The van der Waals surface area contributed by atoms with Gasteiger partial charge in [-0.15, -0.1) is 0 Å². The van der Waals surface area contributed by atoms with Crippen molar-refractivity contribution in [3.05, 3.63) is 53.5 Å². The Morgan fingerprint density at radius 1 is 1.23 bits per heavy atom. The number of carbonyl (C=O) groups is 1. The van der Waals surface area contributed by atoms with Crippen molar-refractivity contribution in [1.82, 2.24) is 4.98 Å². The molecule has 3 aromatic rings. The number of amides is 1.